The normalized spacial score (nSPS) is 14.4. The first-order chi connectivity index (χ1) is 13.1. The Morgan fingerprint density at radius 2 is 1.81 bits per heavy atom. The molecule has 1 aromatic heterocycles. The third-order valence-electron chi connectivity index (χ3n) is 4.95. The lowest BCUT2D eigenvalue weighted by molar-refractivity contribution is 0.0747. The van der Waals surface area contributed by atoms with Gasteiger partial charge in [-0.15, -0.1) is 0 Å². The first-order valence-electron chi connectivity index (χ1n) is 9.02. The summed E-state index contributed by atoms with van der Waals surface area (Å²) in [7, 11) is 0. The number of benzene rings is 2. The topological polar surface area (TPSA) is 52.2 Å². The fourth-order valence-corrected chi connectivity index (χ4v) is 3.81. The predicted octanol–water partition coefficient (Wildman–Crippen LogP) is 4.11. The minimum atomic E-state index is 0.0299. The maximum atomic E-state index is 13.1. The Morgan fingerprint density at radius 1 is 1.07 bits per heavy atom. The third kappa shape index (κ3) is 3.76. The van der Waals surface area contributed by atoms with E-state index in [2.05, 4.69) is 62.2 Å². The van der Waals surface area contributed by atoms with Crippen molar-refractivity contribution in [2.75, 3.05) is 31.1 Å². The van der Waals surface area contributed by atoms with Crippen molar-refractivity contribution in [3.63, 3.8) is 0 Å². The van der Waals surface area contributed by atoms with E-state index in [0.717, 1.165) is 28.8 Å². The number of nitrogens with zero attached hydrogens (tertiary/aromatic N) is 3. The number of hydrogen-bond donors (Lipinski definition) is 1. The molecule has 0 unspecified atom stereocenters. The third-order valence-corrected chi connectivity index (χ3v) is 5.44. The first-order valence-corrected chi connectivity index (χ1v) is 9.81. The summed E-state index contributed by atoms with van der Waals surface area (Å²) in [5, 5.41) is 7.10. The van der Waals surface area contributed by atoms with Gasteiger partial charge in [0, 0.05) is 41.9 Å². The Kier molecular flexibility index (Phi) is 4.99. The fourth-order valence-electron chi connectivity index (χ4n) is 3.41. The summed E-state index contributed by atoms with van der Waals surface area (Å²) in [4.78, 5) is 17.3. The molecule has 1 aliphatic rings. The molecule has 3 aromatic rings. The van der Waals surface area contributed by atoms with Crippen LogP contribution < -0.4 is 4.90 Å². The highest BCUT2D eigenvalue weighted by Crippen LogP contribution is 2.26. The van der Waals surface area contributed by atoms with Gasteiger partial charge in [-0.25, -0.2) is 0 Å². The van der Waals surface area contributed by atoms with Crippen LogP contribution in [0.2, 0.25) is 0 Å². The van der Waals surface area contributed by atoms with Gasteiger partial charge < -0.3 is 9.80 Å². The number of halogens is 1. The maximum absolute atomic E-state index is 13.1. The standard InChI is InChI=1S/C21H21BrN4O/c1-15-5-7-18(8-6-15)25-9-11-26(12-10-25)21(27)19-14-23-24-20(19)16-3-2-4-17(22)13-16/h2-8,13-14H,9-12H2,1H3,(H,23,24). The van der Waals surface area contributed by atoms with Crippen molar-refractivity contribution < 1.29 is 4.79 Å². The molecule has 138 valence electrons. The first kappa shape index (κ1) is 17.8. The van der Waals surface area contributed by atoms with E-state index in [9.17, 15) is 4.79 Å². The Bertz CT molecular complexity index is 943. The molecule has 4 rings (SSSR count). The number of nitrogens with one attached hydrogen (secondary N) is 1. The molecule has 1 amide bonds. The molecule has 0 aliphatic carbocycles. The molecule has 0 radical (unpaired) electrons. The average Bonchev–Trinajstić information content (AvgIpc) is 3.18. The number of anilines is 1. The molecular weight excluding hydrogens is 404 g/mol. The quantitative estimate of drug-likeness (QED) is 0.687. The zero-order valence-electron chi connectivity index (χ0n) is 15.2. The van der Waals surface area contributed by atoms with E-state index in [1.54, 1.807) is 6.20 Å². The Morgan fingerprint density at radius 3 is 2.52 bits per heavy atom. The number of piperazine rings is 1. The summed E-state index contributed by atoms with van der Waals surface area (Å²) in [5.41, 5.74) is 4.81. The van der Waals surface area contributed by atoms with Crippen molar-refractivity contribution >= 4 is 27.5 Å². The van der Waals surface area contributed by atoms with Crippen LogP contribution in [0.25, 0.3) is 11.3 Å². The molecule has 5 nitrogen and oxygen atoms in total. The van der Waals surface area contributed by atoms with Gasteiger partial charge in [-0.2, -0.15) is 5.10 Å². The van der Waals surface area contributed by atoms with Crippen molar-refractivity contribution in [2.45, 2.75) is 6.92 Å². The molecule has 1 fully saturated rings. The van der Waals surface area contributed by atoms with E-state index in [-0.39, 0.29) is 5.91 Å². The van der Waals surface area contributed by atoms with Gasteiger partial charge in [0.15, 0.2) is 0 Å². The van der Waals surface area contributed by atoms with Crippen LogP contribution >= 0.6 is 15.9 Å². The van der Waals surface area contributed by atoms with Gasteiger partial charge in [-0.3, -0.25) is 9.89 Å². The summed E-state index contributed by atoms with van der Waals surface area (Å²) in [5.74, 6) is 0.0299. The number of aromatic nitrogens is 2. The van der Waals surface area contributed by atoms with Crippen LogP contribution in [0.5, 0.6) is 0 Å². The van der Waals surface area contributed by atoms with E-state index in [1.807, 2.05) is 29.2 Å². The number of aryl methyl sites for hydroxylation is 1. The minimum absolute atomic E-state index is 0.0299. The average molecular weight is 425 g/mol. The molecule has 1 N–H and O–H groups in total. The lowest BCUT2D eigenvalue weighted by atomic mass is 10.1. The van der Waals surface area contributed by atoms with Gasteiger partial charge in [-0.05, 0) is 31.2 Å². The van der Waals surface area contributed by atoms with Gasteiger partial charge in [0.25, 0.3) is 5.91 Å². The van der Waals surface area contributed by atoms with Crippen LogP contribution in [0.15, 0.2) is 59.2 Å². The molecule has 0 saturated carbocycles. The molecule has 2 aromatic carbocycles. The number of hydrogen-bond acceptors (Lipinski definition) is 3. The minimum Gasteiger partial charge on any atom is -0.368 e. The van der Waals surface area contributed by atoms with Crippen LogP contribution in [0.4, 0.5) is 5.69 Å². The van der Waals surface area contributed by atoms with Crippen molar-refractivity contribution in [3.8, 4) is 11.3 Å². The second kappa shape index (κ2) is 7.56. The molecule has 0 bridgehead atoms. The van der Waals surface area contributed by atoms with Crippen LogP contribution in [0.1, 0.15) is 15.9 Å². The lowest BCUT2D eigenvalue weighted by Crippen LogP contribution is -2.48. The second-order valence-electron chi connectivity index (χ2n) is 6.78. The number of H-pyrrole nitrogens is 1. The van der Waals surface area contributed by atoms with Crippen LogP contribution in [-0.4, -0.2) is 47.2 Å². The Balaban J connectivity index is 1.47. The van der Waals surface area contributed by atoms with Crippen LogP contribution in [0, 0.1) is 6.92 Å². The van der Waals surface area contributed by atoms with E-state index in [1.165, 1.54) is 11.3 Å². The summed E-state index contributed by atoms with van der Waals surface area (Å²) in [6, 6.07) is 16.4. The molecule has 0 atom stereocenters. The van der Waals surface area contributed by atoms with Gasteiger partial charge in [0.2, 0.25) is 0 Å². The van der Waals surface area contributed by atoms with Crippen molar-refractivity contribution in [2.24, 2.45) is 0 Å². The highest BCUT2D eigenvalue weighted by atomic mass is 79.9. The van der Waals surface area contributed by atoms with Gasteiger partial charge >= 0.3 is 0 Å². The molecule has 27 heavy (non-hydrogen) atoms. The van der Waals surface area contributed by atoms with E-state index in [4.69, 9.17) is 0 Å². The smallest absolute Gasteiger partial charge is 0.257 e. The van der Waals surface area contributed by atoms with Crippen molar-refractivity contribution in [1.29, 1.82) is 0 Å². The van der Waals surface area contributed by atoms with Crippen LogP contribution in [0.3, 0.4) is 0 Å². The highest BCUT2D eigenvalue weighted by Gasteiger charge is 2.25. The molecule has 6 heteroatoms. The Hall–Kier alpha value is -2.60. The van der Waals surface area contributed by atoms with Gasteiger partial charge in [0.05, 0.1) is 17.5 Å². The van der Waals surface area contributed by atoms with Crippen molar-refractivity contribution in [3.05, 3.63) is 70.3 Å². The number of aromatic amines is 1. The van der Waals surface area contributed by atoms with E-state index in [0.29, 0.717) is 18.7 Å². The van der Waals surface area contributed by atoms with E-state index < -0.39 is 0 Å². The molecule has 1 aliphatic heterocycles. The largest absolute Gasteiger partial charge is 0.368 e. The van der Waals surface area contributed by atoms with Crippen LogP contribution in [-0.2, 0) is 0 Å². The zero-order chi connectivity index (χ0) is 18.8. The number of amides is 1. The highest BCUT2D eigenvalue weighted by molar-refractivity contribution is 9.10. The summed E-state index contributed by atoms with van der Waals surface area (Å²) >= 11 is 3.48. The molecular formula is C21H21BrN4O. The molecule has 1 saturated heterocycles. The van der Waals surface area contributed by atoms with E-state index >= 15 is 0 Å². The Labute approximate surface area is 167 Å². The maximum Gasteiger partial charge on any atom is 0.257 e. The zero-order valence-corrected chi connectivity index (χ0v) is 16.7. The summed E-state index contributed by atoms with van der Waals surface area (Å²) < 4.78 is 0.972. The predicted molar refractivity (Wildman–Crippen MR) is 111 cm³/mol. The van der Waals surface area contributed by atoms with Gasteiger partial charge in [0.1, 0.15) is 0 Å². The summed E-state index contributed by atoms with van der Waals surface area (Å²) in [6.45, 7) is 5.16. The van der Waals surface area contributed by atoms with Gasteiger partial charge in [-0.1, -0.05) is 45.8 Å². The van der Waals surface area contributed by atoms with Crippen molar-refractivity contribution in [1.82, 2.24) is 15.1 Å². The number of carbonyl (C=O) groups excluding carboxylic acids is 1. The SMILES string of the molecule is Cc1ccc(N2CCN(C(=O)c3cn[nH]c3-c3cccc(Br)c3)CC2)cc1. The second-order valence-corrected chi connectivity index (χ2v) is 7.70. The lowest BCUT2D eigenvalue weighted by Gasteiger charge is -2.36. The molecule has 2 heterocycles. The summed E-state index contributed by atoms with van der Waals surface area (Å²) in [6.07, 6.45) is 1.63. The fraction of sp³-hybridized carbons (Fsp3) is 0.238. The monoisotopic (exact) mass is 424 g/mol. The molecule has 0 spiro atoms. The number of carbonyl (C=O) groups is 1. The number of rotatable bonds is 3.